The number of carbonyl (C=O) groups is 1. The van der Waals surface area contributed by atoms with Gasteiger partial charge in [0.15, 0.2) is 0 Å². The van der Waals surface area contributed by atoms with Crippen LogP contribution in [0.2, 0.25) is 0 Å². The Labute approximate surface area is 124 Å². The Kier molecular flexibility index (Phi) is 4.02. The molecule has 2 aromatic rings. The van der Waals surface area contributed by atoms with E-state index in [9.17, 15) is 4.79 Å². The summed E-state index contributed by atoms with van der Waals surface area (Å²) in [4.78, 5) is 11.7. The fourth-order valence-corrected chi connectivity index (χ4v) is 3.00. The van der Waals surface area contributed by atoms with E-state index in [1.807, 2.05) is 18.2 Å². The van der Waals surface area contributed by atoms with E-state index in [1.165, 1.54) is 23.8 Å². The van der Waals surface area contributed by atoms with E-state index in [4.69, 9.17) is 4.74 Å². The standard InChI is InChI=1S/C18H19NO2/c1-21-18(20)17-12-11-16(19-17)15-10-6-5-9-14(15)13-7-3-2-4-8-13/h2-10,16-17,19H,11-12H2,1H3/t16?,17-/m0/s1. The van der Waals surface area contributed by atoms with Crippen molar-refractivity contribution in [3.8, 4) is 11.1 Å². The van der Waals surface area contributed by atoms with E-state index < -0.39 is 0 Å². The van der Waals surface area contributed by atoms with Gasteiger partial charge < -0.3 is 4.74 Å². The lowest BCUT2D eigenvalue weighted by molar-refractivity contribution is -0.142. The van der Waals surface area contributed by atoms with E-state index >= 15 is 0 Å². The maximum atomic E-state index is 11.7. The van der Waals surface area contributed by atoms with Crippen molar-refractivity contribution < 1.29 is 9.53 Å². The minimum atomic E-state index is -0.191. The summed E-state index contributed by atoms with van der Waals surface area (Å²) in [7, 11) is 1.44. The Morgan fingerprint density at radius 2 is 1.76 bits per heavy atom. The van der Waals surface area contributed by atoms with Crippen molar-refractivity contribution in [2.45, 2.75) is 24.9 Å². The molecule has 0 aliphatic carbocycles. The number of carbonyl (C=O) groups excluding carboxylic acids is 1. The van der Waals surface area contributed by atoms with Crippen LogP contribution in [0, 0.1) is 0 Å². The van der Waals surface area contributed by atoms with Crippen LogP contribution in [0.4, 0.5) is 0 Å². The third-order valence-electron chi connectivity index (χ3n) is 4.05. The van der Waals surface area contributed by atoms with E-state index in [2.05, 4.69) is 41.7 Å². The summed E-state index contributed by atoms with van der Waals surface area (Å²) in [5.41, 5.74) is 3.67. The van der Waals surface area contributed by atoms with Crippen LogP contribution in [0.5, 0.6) is 0 Å². The van der Waals surface area contributed by atoms with Gasteiger partial charge in [-0.25, -0.2) is 0 Å². The van der Waals surface area contributed by atoms with Gasteiger partial charge in [0.1, 0.15) is 6.04 Å². The van der Waals surface area contributed by atoms with Crippen molar-refractivity contribution in [1.82, 2.24) is 5.32 Å². The molecule has 21 heavy (non-hydrogen) atoms. The number of esters is 1. The quantitative estimate of drug-likeness (QED) is 0.877. The molecule has 108 valence electrons. The summed E-state index contributed by atoms with van der Waals surface area (Å²) in [6.07, 6.45) is 1.77. The molecule has 3 nitrogen and oxygen atoms in total. The zero-order valence-electron chi connectivity index (χ0n) is 12.1. The zero-order chi connectivity index (χ0) is 14.7. The van der Waals surface area contributed by atoms with Crippen molar-refractivity contribution in [2.75, 3.05) is 7.11 Å². The average Bonchev–Trinajstić information content (AvgIpc) is 3.05. The predicted molar refractivity (Wildman–Crippen MR) is 82.8 cm³/mol. The van der Waals surface area contributed by atoms with Crippen LogP contribution in [0.15, 0.2) is 54.6 Å². The highest BCUT2D eigenvalue weighted by Gasteiger charge is 2.31. The first-order valence-corrected chi connectivity index (χ1v) is 7.28. The van der Waals surface area contributed by atoms with Crippen LogP contribution in [-0.4, -0.2) is 19.1 Å². The molecule has 0 radical (unpaired) electrons. The Bertz CT molecular complexity index is 624. The number of ether oxygens (including phenoxy) is 1. The van der Waals surface area contributed by atoms with Gasteiger partial charge in [-0.05, 0) is 29.5 Å². The smallest absolute Gasteiger partial charge is 0.322 e. The summed E-state index contributed by atoms with van der Waals surface area (Å²) in [6, 6.07) is 18.7. The lowest BCUT2D eigenvalue weighted by Gasteiger charge is -2.17. The molecule has 1 aliphatic rings. The topological polar surface area (TPSA) is 38.3 Å². The van der Waals surface area contributed by atoms with Gasteiger partial charge in [-0.2, -0.15) is 0 Å². The van der Waals surface area contributed by atoms with E-state index in [-0.39, 0.29) is 18.1 Å². The van der Waals surface area contributed by atoms with E-state index in [0.717, 1.165) is 12.8 Å². The molecule has 1 saturated heterocycles. The molecule has 0 aromatic heterocycles. The monoisotopic (exact) mass is 281 g/mol. The molecular weight excluding hydrogens is 262 g/mol. The first-order chi connectivity index (χ1) is 10.3. The summed E-state index contributed by atoms with van der Waals surface area (Å²) in [5, 5.41) is 3.39. The molecule has 0 spiro atoms. The Hall–Kier alpha value is -2.13. The van der Waals surface area contributed by atoms with Crippen molar-refractivity contribution in [3.05, 3.63) is 60.2 Å². The molecule has 1 heterocycles. The largest absolute Gasteiger partial charge is 0.468 e. The first kappa shape index (κ1) is 13.8. The maximum Gasteiger partial charge on any atom is 0.322 e. The number of benzene rings is 2. The van der Waals surface area contributed by atoms with Crippen molar-refractivity contribution in [1.29, 1.82) is 0 Å². The summed E-state index contributed by atoms with van der Waals surface area (Å²) in [5.74, 6) is -0.172. The fourth-order valence-electron chi connectivity index (χ4n) is 3.00. The molecule has 3 heteroatoms. The molecule has 0 saturated carbocycles. The summed E-state index contributed by atoms with van der Waals surface area (Å²) < 4.78 is 4.83. The molecule has 2 atom stereocenters. The van der Waals surface area contributed by atoms with Crippen molar-refractivity contribution in [2.24, 2.45) is 0 Å². The van der Waals surface area contributed by atoms with Crippen LogP contribution < -0.4 is 5.32 Å². The predicted octanol–water partition coefficient (Wildman–Crippen LogP) is 3.32. The fraction of sp³-hybridized carbons (Fsp3) is 0.278. The Morgan fingerprint density at radius 3 is 2.52 bits per heavy atom. The Morgan fingerprint density at radius 1 is 1.05 bits per heavy atom. The SMILES string of the molecule is COC(=O)[C@@H]1CCC(c2ccccc2-c2ccccc2)N1. The van der Waals surface area contributed by atoms with Crippen LogP contribution in [0.3, 0.4) is 0 Å². The van der Waals surface area contributed by atoms with Crippen LogP contribution >= 0.6 is 0 Å². The van der Waals surface area contributed by atoms with Crippen molar-refractivity contribution >= 4 is 5.97 Å². The van der Waals surface area contributed by atoms with Crippen molar-refractivity contribution in [3.63, 3.8) is 0 Å². The van der Waals surface area contributed by atoms with Gasteiger partial charge >= 0.3 is 5.97 Å². The molecular formula is C18H19NO2. The minimum Gasteiger partial charge on any atom is -0.468 e. The molecule has 3 rings (SSSR count). The number of rotatable bonds is 3. The molecule has 0 amide bonds. The number of methoxy groups -OCH3 is 1. The van der Waals surface area contributed by atoms with Gasteiger partial charge in [0.2, 0.25) is 0 Å². The van der Waals surface area contributed by atoms with Gasteiger partial charge in [-0.15, -0.1) is 0 Å². The van der Waals surface area contributed by atoms with Gasteiger partial charge in [-0.1, -0.05) is 54.6 Å². The third kappa shape index (κ3) is 2.83. The second-order valence-electron chi connectivity index (χ2n) is 5.33. The number of hydrogen-bond acceptors (Lipinski definition) is 3. The molecule has 2 aromatic carbocycles. The van der Waals surface area contributed by atoms with Gasteiger partial charge in [-0.3, -0.25) is 10.1 Å². The molecule has 0 bridgehead atoms. The lowest BCUT2D eigenvalue weighted by atomic mass is 9.94. The minimum absolute atomic E-state index is 0.172. The van der Waals surface area contributed by atoms with E-state index in [1.54, 1.807) is 0 Å². The van der Waals surface area contributed by atoms with Gasteiger partial charge in [0.25, 0.3) is 0 Å². The first-order valence-electron chi connectivity index (χ1n) is 7.28. The maximum absolute atomic E-state index is 11.7. The Balaban J connectivity index is 1.89. The molecule has 1 unspecified atom stereocenters. The van der Waals surface area contributed by atoms with Crippen LogP contribution in [-0.2, 0) is 9.53 Å². The van der Waals surface area contributed by atoms with Gasteiger partial charge in [0.05, 0.1) is 7.11 Å². The lowest BCUT2D eigenvalue weighted by Crippen LogP contribution is -2.33. The highest BCUT2D eigenvalue weighted by atomic mass is 16.5. The molecule has 1 N–H and O–H groups in total. The molecule has 1 fully saturated rings. The average molecular weight is 281 g/mol. The van der Waals surface area contributed by atoms with E-state index in [0.29, 0.717) is 0 Å². The van der Waals surface area contributed by atoms with Gasteiger partial charge in [0, 0.05) is 6.04 Å². The normalized spacial score (nSPS) is 21.2. The summed E-state index contributed by atoms with van der Waals surface area (Å²) >= 11 is 0. The molecule has 1 aliphatic heterocycles. The summed E-state index contributed by atoms with van der Waals surface area (Å²) in [6.45, 7) is 0. The second-order valence-corrected chi connectivity index (χ2v) is 5.33. The van der Waals surface area contributed by atoms with Crippen LogP contribution in [0.1, 0.15) is 24.4 Å². The number of hydrogen-bond donors (Lipinski definition) is 1. The van der Waals surface area contributed by atoms with Crippen LogP contribution in [0.25, 0.3) is 11.1 Å². The third-order valence-corrected chi connectivity index (χ3v) is 4.05. The highest BCUT2D eigenvalue weighted by molar-refractivity contribution is 5.76. The second kappa shape index (κ2) is 6.10. The number of nitrogens with one attached hydrogen (secondary N) is 1. The highest BCUT2D eigenvalue weighted by Crippen LogP contribution is 2.34. The zero-order valence-corrected chi connectivity index (χ0v) is 12.1.